The largest absolute Gasteiger partial charge is 0.309 e. The predicted octanol–water partition coefficient (Wildman–Crippen LogP) is 4.21. The highest BCUT2D eigenvalue weighted by atomic mass is 35.5. The van der Waals surface area contributed by atoms with Crippen molar-refractivity contribution in [3.8, 4) is 0 Å². The predicted molar refractivity (Wildman–Crippen MR) is 68.6 cm³/mol. The van der Waals surface area contributed by atoms with Gasteiger partial charge in [0.05, 0.1) is 11.1 Å². The average molecular weight is 304 g/mol. The molecular formula is C14H10ClF4N. The number of rotatable bonds is 3. The van der Waals surface area contributed by atoms with Gasteiger partial charge in [-0.1, -0.05) is 23.7 Å². The molecule has 0 bridgehead atoms. The minimum atomic E-state index is -1.07. The Morgan fingerprint density at radius 2 is 1.60 bits per heavy atom. The van der Waals surface area contributed by atoms with Crippen LogP contribution in [0.15, 0.2) is 30.3 Å². The van der Waals surface area contributed by atoms with Crippen LogP contribution in [-0.4, -0.2) is 7.05 Å². The minimum absolute atomic E-state index is 0.165. The molecule has 0 heterocycles. The van der Waals surface area contributed by atoms with Crippen molar-refractivity contribution in [3.05, 3.63) is 69.8 Å². The third kappa shape index (κ3) is 2.64. The highest BCUT2D eigenvalue weighted by molar-refractivity contribution is 6.31. The molecule has 1 N–H and O–H groups in total. The fraction of sp³-hybridized carbons (Fsp3) is 0.143. The molecule has 0 aromatic heterocycles. The highest BCUT2D eigenvalue weighted by Gasteiger charge is 2.24. The lowest BCUT2D eigenvalue weighted by molar-refractivity contribution is 0.499. The molecule has 2 aromatic carbocycles. The lowest BCUT2D eigenvalue weighted by Crippen LogP contribution is -2.21. The molecule has 0 saturated carbocycles. The molecule has 20 heavy (non-hydrogen) atoms. The maximum atomic E-state index is 13.8. The molecule has 0 radical (unpaired) electrons. The first-order valence-electron chi connectivity index (χ1n) is 5.71. The smallest absolute Gasteiger partial charge is 0.142 e. The van der Waals surface area contributed by atoms with E-state index in [1.165, 1.54) is 19.2 Å². The van der Waals surface area contributed by atoms with E-state index in [2.05, 4.69) is 5.32 Å². The molecule has 0 spiro atoms. The molecule has 0 aliphatic rings. The first kappa shape index (κ1) is 14.8. The van der Waals surface area contributed by atoms with Gasteiger partial charge in [-0.3, -0.25) is 0 Å². The van der Waals surface area contributed by atoms with Crippen LogP contribution in [0.3, 0.4) is 0 Å². The first-order valence-corrected chi connectivity index (χ1v) is 6.09. The Morgan fingerprint density at radius 3 is 2.15 bits per heavy atom. The summed E-state index contributed by atoms with van der Waals surface area (Å²) >= 11 is 5.82. The van der Waals surface area contributed by atoms with Crippen LogP contribution in [0.2, 0.25) is 5.02 Å². The molecule has 2 aromatic rings. The Balaban J connectivity index is 2.62. The van der Waals surface area contributed by atoms with E-state index < -0.39 is 34.9 Å². The maximum Gasteiger partial charge on any atom is 0.142 e. The van der Waals surface area contributed by atoms with Gasteiger partial charge in [-0.05, 0) is 18.7 Å². The summed E-state index contributed by atoms with van der Waals surface area (Å²) in [6.45, 7) is 0. The van der Waals surface area contributed by atoms with Gasteiger partial charge in [-0.25, -0.2) is 17.6 Å². The number of nitrogens with one attached hydrogen (secondary N) is 1. The molecule has 0 fully saturated rings. The normalized spacial score (nSPS) is 12.5. The van der Waals surface area contributed by atoms with E-state index in [0.717, 1.165) is 6.07 Å². The van der Waals surface area contributed by atoms with Crippen LogP contribution < -0.4 is 5.32 Å². The van der Waals surface area contributed by atoms with E-state index in [1.807, 2.05) is 0 Å². The first-order chi connectivity index (χ1) is 9.45. The van der Waals surface area contributed by atoms with Crippen molar-refractivity contribution < 1.29 is 17.6 Å². The van der Waals surface area contributed by atoms with Gasteiger partial charge < -0.3 is 5.32 Å². The standard InChI is InChI=1S/C14H10ClF4N/c1-20-14(8-3-2-4-9(17)13(8)15)12-10(18)5-7(16)6-11(12)19/h2-6,14,20H,1H3. The van der Waals surface area contributed by atoms with E-state index in [0.29, 0.717) is 12.1 Å². The zero-order valence-corrected chi connectivity index (χ0v) is 11.1. The van der Waals surface area contributed by atoms with Gasteiger partial charge in [0.2, 0.25) is 0 Å². The highest BCUT2D eigenvalue weighted by Crippen LogP contribution is 2.32. The second-order valence-electron chi connectivity index (χ2n) is 4.15. The zero-order valence-electron chi connectivity index (χ0n) is 10.4. The van der Waals surface area contributed by atoms with E-state index >= 15 is 0 Å². The fourth-order valence-corrected chi connectivity index (χ4v) is 2.26. The van der Waals surface area contributed by atoms with Crippen LogP contribution in [0, 0.1) is 23.3 Å². The van der Waals surface area contributed by atoms with Crippen LogP contribution in [0.25, 0.3) is 0 Å². The van der Waals surface area contributed by atoms with Crippen molar-refractivity contribution in [2.75, 3.05) is 7.05 Å². The Hall–Kier alpha value is -1.59. The number of hydrogen-bond acceptors (Lipinski definition) is 1. The van der Waals surface area contributed by atoms with Crippen molar-refractivity contribution in [1.82, 2.24) is 5.32 Å². The lowest BCUT2D eigenvalue weighted by Gasteiger charge is -2.20. The van der Waals surface area contributed by atoms with Gasteiger partial charge in [-0.2, -0.15) is 0 Å². The van der Waals surface area contributed by atoms with Crippen LogP contribution in [0.4, 0.5) is 17.6 Å². The van der Waals surface area contributed by atoms with Crippen molar-refractivity contribution in [2.45, 2.75) is 6.04 Å². The molecule has 0 amide bonds. The van der Waals surface area contributed by atoms with E-state index in [4.69, 9.17) is 11.6 Å². The molecule has 1 unspecified atom stereocenters. The van der Waals surface area contributed by atoms with E-state index in [9.17, 15) is 17.6 Å². The topological polar surface area (TPSA) is 12.0 Å². The summed E-state index contributed by atoms with van der Waals surface area (Å²) in [6, 6.07) is 4.05. The van der Waals surface area contributed by atoms with Crippen LogP contribution in [-0.2, 0) is 0 Å². The van der Waals surface area contributed by atoms with E-state index in [1.54, 1.807) is 0 Å². The van der Waals surface area contributed by atoms with Crippen molar-refractivity contribution >= 4 is 11.6 Å². The third-order valence-electron chi connectivity index (χ3n) is 2.91. The summed E-state index contributed by atoms with van der Waals surface area (Å²) in [5.41, 5.74) is -0.250. The molecule has 0 aliphatic carbocycles. The lowest BCUT2D eigenvalue weighted by atomic mass is 9.97. The number of hydrogen-bond donors (Lipinski definition) is 1. The molecule has 2 rings (SSSR count). The van der Waals surface area contributed by atoms with Gasteiger partial charge in [0, 0.05) is 17.7 Å². The summed E-state index contributed by atoms with van der Waals surface area (Å²) < 4.78 is 54.0. The molecular weight excluding hydrogens is 294 g/mol. The van der Waals surface area contributed by atoms with Crippen molar-refractivity contribution in [2.24, 2.45) is 0 Å². The Labute approximate surface area is 118 Å². The summed E-state index contributed by atoms with van der Waals surface area (Å²) in [6.07, 6.45) is 0. The number of benzene rings is 2. The number of halogens is 5. The van der Waals surface area contributed by atoms with Gasteiger partial charge in [0.25, 0.3) is 0 Å². The van der Waals surface area contributed by atoms with Crippen LogP contribution in [0.1, 0.15) is 17.2 Å². The molecule has 1 nitrogen and oxygen atoms in total. The summed E-state index contributed by atoms with van der Waals surface area (Å²) in [5.74, 6) is -3.86. The Kier molecular flexibility index (Phi) is 4.30. The molecule has 1 atom stereocenters. The molecule has 0 saturated heterocycles. The summed E-state index contributed by atoms with van der Waals surface area (Å²) in [4.78, 5) is 0. The second-order valence-corrected chi connectivity index (χ2v) is 4.53. The van der Waals surface area contributed by atoms with Gasteiger partial charge in [0.15, 0.2) is 0 Å². The van der Waals surface area contributed by atoms with Gasteiger partial charge in [0.1, 0.15) is 23.3 Å². The average Bonchev–Trinajstić information content (AvgIpc) is 2.37. The SMILES string of the molecule is CNC(c1cccc(F)c1Cl)c1c(F)cc(F)cc1F. The second kappa shape index (κ2) is 5.81. The third-order valence-corrected chi connectivity index (χ3v) is 3.31. The fourth-order valence-electron chi connectivity index (χ4n) is 2.03. The minimum Gasteiger partial charge on any atom is -0.309 e. The van der Waals surface area contributed by atoms with Crippen molar-refractivity contribution in [3.63, 3.8) is 0 Å². The van der Waals surface area contributed by atoms with Crippen LogP contribution >= 0.6 is 11.6 Å². The quantitative estimate of drug-likeness (QED) is 0.838. The van der Waals surface area contributed by atoms with Gasteiger partial charge in [-0.15, -0.1) is 0 Å². The summed E-state index contributed by atoms with van der Waals surface area (Å²) in [7, 11) is 1.44. The molecule has 106 valence electrons. The molecule has 6 heteroatoms. The Morgan fingerprint density at radius 1 is 1.00 bits per heavy atom. The Bertz CT molecular complexity index is 622. The van der Waals surface area contributed by atoms with Gasteiger partial charge >= 0.3 is 0 Å². The van der Waals surface area contributed by atoms with E-state index in [-0.39, 0.29) is 10.6 Å². The van der Waals surface area contributed by atoms with Crippen molar-refractivity contribution in [1.29, 1.82) is 0 Å². The maximum absolute atomic E-state index is 13.8. The summed E-state index contributed by atoms with van der Waals surface area (Å²) in [5, 5.41) is 2.41. The van der Waals surface area contributed by atoms with Crippen LogP contribution in [0.5, 0.6) is 0 Å². The monoisotopic (exact) mass is 303 g/mol. The molecule has 0 aliphatic heterocycles. The zero-order chi connectivity index (χ0) is 14.9.